The number of nitrogens with two attached hydrogens (primary N) is 1. The highest BCUT2D eigenvalue weighted by molar-refractivity contribution is 5.51. The van der Waals surface area contributed by atoms with E-state index < -0.39 is 0 Å². The number of rotatable bonds is 4. The summed E-state index contributed by atoms with van der Waals surface area (Å²) in [5.41, 5.74) is 6.59. The molecule has 2 N–H and O–H groups in total. The van der Waals surface area contributed by atoms with Crippen molar-refractivity contribution in [1.29, 1.82) is 0 Å². The van der Waals surface area contributed by atoms with Crippen LogP contribution in [0.5, 0.6) is 0 Å². The average Bonchev–Trinajstić information content (AvgIpc) is 2.73. The summed E-state index contributed by atoms with van der Waals surface area (Å²) in [7, 11) is 0. The Balaban J connectivity index is 2.15. The molecule has 4 nitrogen and oxygen atoms in total. The minimum absolute atomic E-state index is 0.194. The van der Waals surface area contributed by atoms with Crippen molar-refractivity contribution in [2.45, 2.75) is 39.2 Å². The molecule has 2 rings (SSSR count). The molecule has 18 heavy (non-hydrogen) atoms. The first kappa shape index (κ1) is 12.8. The van der Waals surface area contributed by atoms with Gasteiger partial charge in [0.25, 0.3) is 0 Å². The quantitative estimate of drug-likeness (QED) is 0.899. The van der Waals surface area contributed by atoms with E-state index in [-0.39, 0.29) is 5.54 Å². The lowest BCUT2D eigenvalue weighted by Gasteiger charge is -2.17. The van der Waals surface area contributed by atoms with Gasteiger partial charge in [0.15, 0.2) is 5.76 Å². The van der Waals surface area contributed by atoms with Gasteiger partial charge in [-0.05, 0) is 45.4 Å². The molecule has 0 saturated heterocycles. The molecule has 0 aliphatic rings. The maximum absolute atomic E-state index is 5.96. The molecule has 0 amide bonds. The van der Waals surface area contributed by atoms with Crippen molar-refractivity contribution in [1.82, 2.24) is 9.97 Å². The molecule has 0 saturated carbocycles. The zero-order chi connectivity index (χ0) is 13.2. The van der Waals surface area contributed by atoms with Gasteiger partial charge in [-0.3, -0.25) is 0 Å². The second-order valence-corrected chi connectivity index (χ2v) is 5.26. The van der Waals surface area contributed by atoms with Crippen molar-refractivity contribution in [2.24, 2.45) is 5.73 Å². The van der Waals surface area contributed by atoms with Crippen LogP contribution in [0.2, 0.25) is 0 Å². The van der Waals surface area contributed by atoms with Gasteiger partial charge < -0.3 is 10.2 Å². The van der Waals surface area contributed by atoms with Gasteiger partial charge in [-0.1, -0.05) is 0 Å². The maximum atomic E-state index is 5.96. The first-order valence-corrected chi connectivity index (χ1v) is 6.12. The van der Waals surface area contributed by atoms with E-state index in [9.17, 15) is 0 Å². The first-order chi connectivity index (χ1) is 8.44. The van der Waals surface area contributed by atoms with Gasteiger partial charge in [-0.15, -0.1) is 0 Å². The lowest BCUT2D eigenvalue weighted by Crippen LogP contribution is -2.32. The normalized spacial score (nSPS) is 11.8. The number of aryl methyl sites for hydroxylation is 2. The molecule has 2 aromatic rings. The number of furan rings is 1. The predicted molar refractivity (Wildman–Crippen MR) is 71.1 cm³/mol. The third kappa shape index (κ3) is 3.40. The Hall–Kier alpha value is -1.68. The van der Waals surface area contributed by atoms with Crippen LogP contribution >= 0.6 is 0 Å². The number of hydrogen-bond acceptors (Lipinski definition) is 4. The standard InChI is InChI=1S/C14H19N3O/c1-10-4-5-12(18-10)11-7-9-16-13(17-11)6-8-14(2,3)15/h4-5,7,9H,6,8,15H2,1-3H3. The third-order valence-electron chi connectivity index (χ3n) is 2.69. The number of aromatic nitrogens is 2. The van der Waals surface area contributed by atoms with Crippen molar-refractivity contribution in [3.05, 3.63) is 36.0 Å². The highest BCUT2D eigenvalue weighted by Gasteiger charge is 2.12. The monoisotopic (exact) mass is 245 g/mol. The minimum atomic E-state index is -0.194. The summed E-state index contributed by atoms with van der Waals surface area (Å²) in [6.07, 6.45) is 3.39. The van der Waals surface area contributed by atoms with E-state index in [0.29, 0.717) is 0 Å². The van der Waals surface area contributed by atoms with Gasteiger partial charge in [-0.2, -0.15) is 0 Å². The SMILES string of the molecule is Cc1ccc(-c2ccnc(CCC(C)(C)N)n2)o1. The molecule has 0 aromatic carbocycles. The minimum Gasteiger partial charge on any atom is -0.460 e. The molecule has 0 aliphatic carbocycles. The fourth-order valence-electron chi connectivity index (χ4n) is 1.66. The van der Waals surface area contributed by atoms with Crippen molar-refractivity contribution >= 4 is 0 Å². The molecule has 0 unspecified atom stereocenters. The fourth-order valence-corrected chi connectivity index (χ4v) is 1.66. The van der Waals surface area contributed by atoms with E-state index in [1.807, 2.05) is 39.0 Å². The maximum Gasteiger partial charge on any atom is 0.152 e. The summed E-state index contributed by atoms with van der Waals surface area (Å²) in [5.74, 6) is 2.47. The summed E-state index contributed by atoms with van der Waals surface area (Å²) >= 11 is 0. The Kier molecular flexibility index (Phi) is 3.48. The molecule has 2 heterocycles. The first-order valence-electron chi connectivity index (χ1n) is 6.12. The summed E-state index contributed by atoms with van der Waals surface area (Å²) in [4.78, 5) is 8.77. The van der Waals surface area contributed by atoms with Gasteiger partial charge in [0.1, 0.15) is 17.3 Å². The topological polar surface area (TPSA) is 64.9 Å². The summed E-state index contributed by atoms with van der Waals surface area (Å²) in [6, 6.07) is 5.71. The Bertz CT molecular complexity index is 526. The highest BCUT2D eigenvalue weighted by Crippen LogP contribution is 2.19. The van der Waals surface area contributed by atoms with Gasteiger partial charge >= 0.3 is 0 Å². The molecule has 0 atom stereocenters. The van der Waals surface area contributed by atoms with E-state index in [0.717, 1.165) is 35.9 Å². The molecule has 2 aromatic heterocycles. The van der Waals surface area contributed by atoms with Gasteiger partial charge in [-0.25, -0.2) is 9.97 Å². The van der Waals surface area contributed by atoms with E-state index >= 15 is 0 Å². The lowest BCUT2D eigenvalue weighted by molar-refractivity contribution is 0.470. The van der Waals surface area contributed by atoms with E-state index in [2.05, 4.69) is 9.97 Å². The Morgan fingerprint density at radius 1 is 1.28 bits per heavy atom. The van der Waals surface area contributed by atoms with Crippen LogP contribution in [0.25, 0.3) is 11.5 Å². The number of nitrogens with zero attached hydrogens (tertiary/aromatic N) is 2. The summed E-state index contributed by atoms with van der Waals surface area (Å²) in [6.45, 7) is 5.93. The van der Waals surface area contributed by atoms with Crippen molar-refractivity contribution in [2.75, 3.05) is 0 Å². The Morgan fingerprint density at radius 3 is 2.67 bits per heavy atom. The number of hydrogen-bond donors (Lipinski definition) is 1. The van der Waals surface area contributed by atoms with Crippen LogP contribution in [0.3, 0.4) is 0 Å². The third-order valence-corrected chi connectivity index (χ3v) is 2.69. The van der Waals surface area contributed by atoms with Crippen LogP contribution < -0.4 is 5.73 Å². The van der Waals surface area contributed by atoms with Crippen LogP contribution in [-0.2, 0) is 6.42 Å². The lowest BCUT2D eigenvalue weighted by atomic mass is 10.00. The van der Waals surface area contributed by atoms with Crippen LogP contribution in [0, 0.1) is 6.92 Å². The molecule has 0 spiro atoms. The smallest absolute Gasteiger partial charge is 0.152 e. The Labute approximate surface area is 107 Å². The largest absolute Gasteiger partial charge is 0.460 e. The van der Waals surface area contributed by atoms with Crippen molar-refractivity contribution in [3.8, 4) is 11.5 Å². The van der Waals surface area contributed by atoms with Crippen LogP contribution in [0.1, 0.15) is 31.9 Å². The second-order valence-electron chi connectivity index (χ2n) is 5.26. The van der Waals surface area contributed by atoms with Crippen molar-refractivity contribution < 1.29 is 4.42 Å². The van der Waals surface area contributed by atoms with Crippen LogP contribution in [-0.4, -0.2) is 15.5 Å². The van der Waals surface area contributed by atoms with Gasteiger partial charge in [0.2, 0.25) is 0 Å². The zero-order valence-corrected chi connectivity index (χ0v) is 11.1. The molecule has 0 bridgehead atoms. The zero-order valence-electron chi connectivity index (χ0n) is 11.1. The molecule has 0 fully saturated rings. The average molecular weight is 245 g/mol. The van der Waals surface area contributed by atoms with Crippen molar-refractivity contribution in [3.63, 3.8) is 0 Å². The molecular weight excluding hydrogens is 226 g/mol. The Morgan fingerprint density at radius 2 is 2.06 bits per heavy atom. The molecule has 4 heteroatoms. The van der Waals surface area contributed by atoms with E-state index in [1.165, 1.54) is 0 Å². The highest BCUT2D eigenvalue weighted by atomic mass is 16.3. The molecule has 96 valence electrons. The molecule has 0 radical (unpaired) electrons. The second kappa shape index (κ2) is 4.90. The van der Waals surface area contributed by atoms with Crippen LogP contribution in [0.4, 0.5) is 0 Å². The van der Waals surface area contributed by atoms with Crippen LogP contribution in [0.15, 0.2) is 28.8 Å². The van der Waals surface area contributed by atoms with Gasteiger partial charge in [0.05, 0.1) is 0 Å². The van der Waals surface area contributed by atoms with E-state index in [4.69, 9.17) is 10.2 Å². The van der Waals surface area contributed by atoms with Gasteiger partial charge in [0, 0.05) is 18.2 Å². The molecule has 0 aliphatic heterocycles. The molecular formula is C14H19N3O. The van der Waals surface area contributed by atoms with E-state index in [1.54, 1.807) is 6.20 Å². The summed E-state index contributed by atoms with van der Waals surface area (Å²) in [5, 5.41) is 0. The predicted octanol–water partition coefficient (Wildman–Crippen LogP) is 2.71. The fraction of sp³-hybridized carbons (Fsp3) is 0.429. The summed E-state index contributed by atoms with van der Waals surface area (Å²) < 4.78 is 5.55.